The molecule has 1 aliphatic heterocycles. The van der Waals surface area contributed by atoms with Crippen LogP contribution in [0.25, 0.3) is 0 Å². The van der Waals surface area contributed by atoms with E-state index in [4.69, 9.17) is 5.73 Å². The molecule has 1 saturated carbocycles. The summed E-state index contributed by atoms with van der Waals surface area (Å²) in [5.74, 6) is 0.292. The second-order valence-corrected chi connectivity index (χ2v) is 5.52. The minimum absolute atomic E-state index is 0.105. The third kappa shape index (κ3) is 1.66. The number of nitrogens with zero attached hydrogens (tertiary/aromatic N) is 1. The molecule has 2 fully saturated rings. The highest BCUT2D eigenvalue weighted by atomic mass is 32.1. The van der Waals surface area contributed by atoms with Gasteiger partial charge in [-0.05, 0) is 41.7 Å². The fraction of sp³-hybridized carbons (Fsp3) is 0.583. The number of piperidine rings is 1. The van der Waals surface area contributed by atoms with Gasteiger partial charge in [0.1, 0.15) is 0 Å². The average molecular weight is 236 g/mol. The molecule has 3 rings (SSSR count). The van der Waals surface area contributed by atoms with Crippen molar-refractivity contribution < 1.29 is 4.79 Å². The molecule has 4 heteroatoms. The molecule has 0 bridgehead atoms. The van der Waals surface area contributed by atoms with E-state index in [2.05, 4.69) is 21.7 Å². The zero-order chi connectivity index (χ0) is 11.1. The summed E-state index contributed by atoms with van der Waals surface area (Å²) < 4.78 is 0. The fourth-order valence-corrected chi connectivity index (χ4v) is 3.26. The number of thiophene rings is 1. The number of hydrogen-bond acceptors (Lipinski definition) is 3. The molecule has 2 atom stereocenters. The average Bonchev–Trinajstić information content (AvgIpc) is 2.97. The zero-order valence-corrected chi connectivity index (χ0v) is 9.95. The summed E-state index contributed by atoms with van der Waals surface area (Å²) in [6.07, 6.45) is 3.75. The number of carbonyl (C=O) groups excluding carboxylic acids is 1. The second-order valence-electron chi connectivity index (χ2n) is 4.74. The van der Waals surface area contributed by atoms with Gasteiger partial charge in [-0.3, -0.25) is 4.79 Å². The van der Waals surface area contributed by atoms with Gasteiger partial charge in [0, 0.05) is 18.5 Å². The molecule has 2 aliphatic rings. The first-order valence-corrected chi connectivity index (χ1v) is 6.80. The Balaban J connectivity index is 1.93. The Labute approximate surface area is 99.2 Å². The van der Waals surface area contributed by atoms with E-state index in [9.17, 15) is 4.79 Å². The molecule has 86 valence electrons. The molecule has 1 aliphatic carbocycles. The van der Waals surface area contributed by atoms with E-state index in [1.807, 2.05) is 0 Å². The van der Waals surface area contributed by atoms with E-state index in [0.29, 0.717) is 18.4 Å². The van der Waals surface area contributed by atoms with Crippen LogP contribution < -0.4 is 5.73 Å². The van der Waals surface area contributed by atoms with Crippen molar-refractivity contribution in [3.63, 3.8) is 0 Å². The lowest BCUT2D eigenvalue weighted by molar-refractivity contribution is -0.138. The Morgan fingerprint density at radius 2 is 2.19 bits per heavy atom. The van der Waals surface area contributed by atoms with Crippen LogP contribution in [0.4, 0.5) is 0 Å². The van der Waals surface area contributed by atoms with Crippen molar-refractivity contribution in [2.24, 2.45) is 5.73 Å². The predicted octanol–water partition coefficient (Wildman–Crippen LogP) is 1.90. The number of nitrogens with two attached hydrogens (primary N) is 1. The standard InChI is InChI=1S/C12H16N2OS/c13-10-3-4-11(15)14(9-1-2-9)12(10)8-5-6-16-7-8/h5-7,9-10,12H,1-4,13H2. The molecule has 16 heavy (non-hydrogen) atoms. The Hall–Kier alpha value is -0.870. The van der Waals surface area contributed by atoms with Crippen LogP contribution in [0.15, 0.2) is 16.8 Å². The highest BCUT2D eigenvalue weighted by Crippen LogP contribution is 2.40. The summed E-state index contributed by atoms with van der Waals surface area (Å²) in [7, 11) is 0. The fourth-order valence-electron chi connectivity index (χ4n) is 2.57. The van der Waals surface area contributed by atoms with Gasteiger partial charge in [-0.1, -0.05) is 0 Å². The minimum atomic E-state index is 0.105. The van der Waals surface area contributed by atoms with E-state index >= 15 is 0 Å². The molecule has 0 radical (unpaired) electrons. The van der Waals surface area contributed by atoms with Crippen molar-refractivity contribution in [2.75, 3.05) is 0 Å². The van der Waals surface area contributed by atoms with Crippen LogP contribution >= 0.6 is 11.3 Å². The zero-order valence-electron chi connectivity index (χ0n) is 9.13. The lowest BCUT2D eigenvalue weighted by Gasteiger charge is -2.39. The van der Waals surface area contributed by atoms with Crippen molar-refractivity contribution in [3.05, 3.63) is 22.4 Å². The van der Waals surface area contributed by atoms with E-state index < -0.39 is 0 Å². The van der Waals surface area contributed by atoms with Crippen LogP contribution in [0, 0.1) is 0 Å². The normalized spacial score (nSPS) is 30.8. The maximum absolute atomic E-state index is 12.0. The smallest absolute Gasteiger partial charge is 0.223 e. The van der Waals surface area contributed by atoms with Crippen LogP contribution in [0.2, 0.25) is 0 Å². The topological polar surface area (TPSA) is 46.3 Å². The summed E-state index contributed by atoms with van der Waals surface area (Å²) in [5.41, 5.74) is 7.42. The van der Waals surface area contributed by atoms with Crippen molar-refractivity contribution >= 4 is 17.2 Å². The minimum Gasteiger partial charge on any atom is -0.331 e. The Bertz CT molecular complexity index is 386. The van der Waals surface area contributed by atoms with Gasteiger partial charge in [0.25, 0.3) is 0 Å². The van der Waals surface area contributed by atoms with Gasteiger partial charge in [-0.2, -0.15) is 11.3 Å². The number of rotatable bonds is 2. The van der Waals surface area contributed by atoms with Crippen molar-refractivity contribution in [2.45, 2.75) is 43.8 Å². The summed E-state index contributed by atoms with van der Waals surface area (Å²) in [6, 6.07) is 2.79. The summed E-state index contributed by atoms with van der Waals surface area (Å²) in [4.78, 5) is 14.1. The van der Waals surface area contributed by atoms with Crippen molar-refractivity contribution in [3.8, 4) is 0 Å². The maximum Gasteiger partial charge on any atom is 0.223 e. The van der Waals surface area contributed by atoms with Gasteiger partial charge in [0.05, 0.1) is 6.04 Å². The number of hydrogen-bond donors (Lipinski definition) is 1. The molecule has 2 unspecified atom stereocenters. The highest BCUT2D eigenvalue weighted by molar-refractivity contribution is 7.08. The van der Waals surface area contributed by atoms with Gasteiger partial charge in [0.2, 0.25) is 5.91 Å². The van der Waals surface area contributed by atoms with E-state index in [0.717, 1.165) is 19.3 Å². The summed E-state index contributed by atoms with van der Waals surface area (Å²) in [6.45, 7) is 0. The molecular weight excluding hydrogens is 220 g/mol. The molecule has 1 saturated heterocycles. The van der Waals surface area contributed by atoms with Crippen molar-refractivity contribution in [1.82, 2.24) is 4.90 Å². The molecule has 1 aromatic heterocycles. The predicted molar refractivity (Wildman–Crippen MR) is 64.1 cm³/mol. The van der Waals surface area contributed by atoms with Crippen LogP contribution in [-0.2, 0) is 4.79 Å². The maximum atomic E-state index is 12.0. The lowest BCUT2D eigenvalue weighted by atomic mass is 9.92. The van der Waals surface area contributed by atoms with Gasteiger partial charge in [-0.15, -0.1) is 0 Å². The summed E-state index contributed by atoms with van der Waals surface area (Å²) >= 11 is 1.68. The monoisotopic (exact) mass is 236 g/mol. The van der Waals surface area contributed by atoms with Crippen LogP contribution in [0.5, 0.6) is 0 Å². The molecule has 1 amide bonds. The Morgan fingerprint density at radius 1 is 1.38 bits per heavy atom. The SMILES string of the molecule is NC1CCC(=O)N(C2CC2)C1c1ccsc1. The van der Waals surface area contributed by atoms with Crippen molar-refractivity contribution in [1.29, 1.82) is 0 Å². The second kappa shape index (κ2) is 3.86. The van der Waals surface area contributed by atoms with Gasteiger partial charge in [0.15, 0.2) is 0 Å². The largest absolute Gasteiger partial charge is 0.331 e. The van der Waals surface area contributed by atoms with Gasteiger partial charge >= 0.3 is 0 Å². The first-order valence-electron chi connectivity index (χ1n) is 5.86. The molecule has 2 heterocycles. The molecule has 1 aromatic rings. The highest BCUT2D eigenvalue weighted by Gasteiger charge is 2.42. The third-order valence-electron chi connectivity index (χ3n) is 3.51. The molecular formula is C12H16N2OS. The van der Waals surface area contributed by atoms with E-state index in [-0.39, 0.29) is 12.1 Å². The lowest BCUT2D eigenvalue weighted by Crippen LogP contribution is -2.49. The van der Waals surface area contributed by atoms with Crippen LogP contribution in [0.3, 0.4) is 0 Å². The Kier molecular flexibility index (Phi) is 2.48. The first kappa shape index (κ1) is 10.3. The number of amides is 1. The Morgan fingerprint density at radius 3 is 2.81 bits per heavy atom. The van der Waals surface area contributed by atoms with E-state index in [1.54, 1.807) is 11.3 Å². The van der Waals surface area contributed by atoms with Gasteiger partial charge < -0.3 is 10.6 Å². The van der Waals surface area contributed by atoms with E-state index in [1.165, 1.54) is 5.56 Å². The molecule has 3 nitrogen and oxygen atoms in total. The quantitative estimate of drug-likeness (QED) is 0.852. The summed E-state index contributed by atoms with van der Waals surface area (Å²) in [5, 5.41) is 4.19. The number of likely N-dealkylation sites (tertiary alicyclic amines) is 1. The third-order valence-corrected chi connectivity index (χ3v) is 4.21. The first-order chi connectivity index (χ1) is 7.77. The van der Waals surface area contributed by atoms with Gasteiger partial charge in [-0.25, -0.2) is 0 Å². The molecule has 2 N–H and O–H groups in total. The van der Waals surface area contributed by atoms with Crippen LogP contribution in [0.1, 0.15) is 37.3 Å². The molecule has 0 spiro atoms. The molecule has 0 aromatic carbocycles. The van der Waals surface area contributed by atoms with Crippen LogP contribution in [-0.4, -0.2) is 22.9 Å². The number of carbonyl (C=O) groups is 1.